The van der Waals surface area contributed by atoms with E-state index in [1.165, 1.54) is 13.8 Å². The summed E-state index contributed by atoms with van der Waals surface area (Å²) in [5.41, 5.74) is 0. The van der Waals surface area contributed by atoms with Gasteiger partial charge in [0.2, 0.25) is 0 Å². The van der Waals surface area contributed by atoms with Gasteiger partial charge in [0.25, 0.3) is 0 Å². The number of carboxylic acid groups (broad SMARTS) is 2. The topological polar surface area (TPSA) is 101 Å². The lowest BCUT2D eigenvalue weighted by molar-refractivity contribution is -0.115. The molecule has 0 aliphatic carbocycles. The highest BCUT2D eigenvalue weighted by molar-refractivity contribution is 5.74. The fraction of sp³-hybridized carbons (Fsp3) is 0.400. The Balaban J connectivity index is 0. The zero-order valence-corrected chi connectivity index (χ0v) is 6.03. The first kappa shape index (κ1) is 12.1. The van der Waals surface area contributed by atoms with Crippen molar-refractivity contribution in [3.8, 4) is 0 Å². The van der Waals surface area contributed by atoms with Gasteiger partial charge in [-0.2, -0.15) is 0 Å². The van der Waals surface area contributed by atoms with E-state index in [0.717, 1.165) is 0 Å². The van der Waals surface area contributed by atoms with Crippen LogP contribution in [0.4, 0.5) is 9.59 Å². The summed E-state index contributed by atoms with van der Waals surface area (Å²) in [7, 11) is 0. The van der Waals surface area contributed by atoms with Gasteiger partial charge in [0, 0.05) is 0 Å². The van der Waals surface area contributed by atoms with Gasteiger partial charge in [-0.05, 0) is 13.8 Å². The van der Waals surface area contributed by atoms with Crippen LogP contribution in [0.15, 0.2) is 0 Å². The molecule has 0 atom stereocenters. The van der Waals surface area contributed by atoms with E-state index in [1.807, 2.05) is 0 Å². The summed E-state index contributed by atoms with van der Waals surface area (Å²) in [4.78, 5) is 27.9. The van der Waals surface area contributed by atoms with E-state index in [0.29, 0.717) is 0 Å². The van der Waals surface area contributed by atoms with Gasteiger partial charge in [-0.3, -0.25) is 0 Å². The Morgan fingerprint density at radius 2 is 1.18 bits per heavy atom. The third-order valence-electron chi connectivity index (χ3n) is 0.175. The minimum Gasteiger partial charge on any atom is -0.449 e. The van der Waals surface area contributed by atoms with Crippen LogP contribution >= 0.6 is 0 Å². The van der Waals surface area contributed by atoms with E-state index >= 15 is 0 Å². The normalized spacial score (nSPS) is 7.09. The Labute approximate surface area is 62.4 Å². The van der Waals surface area contributed by atoms with E-state index in [4.69, 9.17) is 10.2 Å². The maximum absolute atomic E-state index is 9.44. The van der Waals surface area contributed by atoms with Crippen molar-refractivity contribution in [3.63, 3.8) is 0 Å². The number of hydrogen-bond acceptors (Lipinski definition) is 4. The molecule has 0 aromatic rings. The smallest absolute Gasteiger partial charge is 0.449 e. The predicted octanol–water partition coefficient (Wildman–Crippen LogP) is 0.954. The third kappa shape index (κ3) is 59.5. The van der Waals surface area contributed by atoms with Crippen LogP contribution in [0.25, 0.3) is 0 Å². The molecular weight excluding hydrogens is 156 g/mol. The Hall–Kier alpha value is -1.59. The number of ketones is 1. The standard InChI is InChI=1S/C3H6O.C2H2O5/c1-3(2)4;3-1(4)7-2(5)6/h1-2H3;(H,3,4)(H,5,6). The molecule has 0 aromatic heterocycles. The summed E-state index contributed by atoms with van der Waals surface area (Å²) in [5.74, 6) is 0.167. The number of ether oxygens (including phenoxy) is 1. The Kier molecular flexibility index (Phi) is 7.19. The fourth-order valence-electron chi connectivity index (χ4n) is 0.0747. The van der Waals surface area contributed by atoms with Crippen LogP contribution in [0, 0.1) is 0 Å². The van der Waals surface area contributed by atoms with Crippen LogP contribution in [0.1, 0.15) is 13.8 Å². The number of carbonyl (C=O) groups excluding carboxylic acids is 1. The number of carbonyl (C=O) groups is 3. The first-order chi connectivity index (χ1) is 4.86. The molecule has 0 amide bonds. The van der Waals surface area contributed by atoms with Gasteiger partial charge < -0.3 is 19.7 Å². The lowest BCUT2D eigenvalue weighted by atomic mass is 10.6. The predicted molar refractivity (Wildman–Crippen MR) is 33.5 cm³/mol. The van der Waals surface area contributed by atoms with Gasteiger partial charge in [0.05, 0.1) is 0 Å². The van der Waals surface area contributed by atoms with Crippen LogP contribution in [0.5, 0.6) is 0 Å². The maximum atomic E-state index is 9.44. The molecule has 6 heteroatoms. The second-order valence-electron chi connectivity index (χ2n) is 1.54. The molecule has 0 rings (SSSR count). The van der Waals surface area contributed by atoms with Gasteiger partial charge in [0.1, 0.15) is 5.78 Å². The van der Waals surface area contributed by atoms with Crippen molar-refractivity contribution in [2.45, 2.75) is 13.8 Å². The number of hydrogen-bond donors (Lipinski definition) is 2. The molecule has 0 aliphatic heterocycles. The summed E-state index contributed by atoms with van der Waals surface area (Å²) < 4.78 is 3.08. The van der Waals surface area contributed by atoms with Crippen LogP contribution in [-0.2, 0) is 9.53 Å². The quantitative estimate of drug-likeness (QED) is 0.408. The molecular formula is C5H8O6. The molecule has 0 spiro atoms. The van der Waals surface area contributed by atoms with Gasteiger partial charge in [-0.15, -0.1) is 0 Å². The van der Waals surface area contributed by atoms with Crippen molar-refractivity contribution in [2.24, 2.45) is 0 Å². The summed E-state index contributed by atoms with van der Waals surface area (Å²) in [6.07, 6.45) is -3.62. The molecule has 6 nitrogen and oxygen atoms in total. The van der Waals surface area contributed by atoms with E-state index < -0.39 is 12.3 Å². The molecule has 0 aliphatic rings. The summed E-state index contributed by atoms with van der Waals surface area (Å²) in [6, 6.07) is 0. The lowest BCUT2D eigenvalue weighted by Crippen LogP contribution is -2.05. The molecule has 0 fully saturated rings. The zero-order valence-electron chi connectivity index (χ0n) is 6.03. The van der Waals surface area contributed by atoms with Crippen molar-refractivity contribution in [3.05, 3.63) is 0 Å². The summed E-state index contributed by atoms with van der Waals surface area (Å²) in [5, 5.41) is 15.0. The SMILES string of the molecule is CC(C)=O.O=C(O)OC(=O)O. The van der Waals surface area contributed by atoms with Gasteiger partial charge in [0.15, 0.2) is 0 Å². The highest BCUT2D eigenvalue weighted by Crippen LogP contribution is 1.73. The minimum atomic E-state index is -1.81. The first-order valence-electron chi connectivity index (χ1n) is 2.47. The molecule has 0 unspecified atom stereocenters. The van der Waals surface area contributed by atoms with Crippen molar-refractivity contribution >= 4 is 18.1 Å². The van der Waals surface area contributed by atoms with E-state index in [9.17, 15) is 14.4 Å². The second-order valence-corrected chi connectivity index (χ2v) is 1.54. The van der Waals surface area contributed by atoms with Crippen LogP contribution < -0.4 is 0 Å². The van der Waals surface area contributed by atoms with Gasteiger partial charge in [-0.25, -0.2) is 9.59 Å². The minimum absolute atomic E-state index is 0.167. The molecule has 0 aromatic carbocycles. The average molecular weight is 164 g/mol. The summed E-state index contributed by atoms with van der Waals surface area (Å²) >= 11 is 0. The number of Topliss-reactive ketones (excluding diaryl/α,β-unsaturated/α-hetero) is 1. The van der Waals surface area contributed by atoms with E-state index in [-0.39, 0.29) is 5.78 Å². The highest BCUT2D eigenvalue weighted by Gasteiger charge is 2.01. The molecule has 64 valence electrons. The largest absolute Gasteiger partial charge is 0.516 e. The monoisotopic (exact) mass is 164 g/mol. The molecule has 11 heavy (non-hydrogen) atoms. The molecule has 0 bridgehead atoms. The third-order valence-corrected chi connectivity index (χ3v) is 0.175. The fourth-order valence-corrected chi connectivity index (χ4v) is 0.0747. The van der Waals surface area contributed by atoms with Crippen molar-refractivity contribution in [1.29, 1.82) is 0 Å². The van der Waals surface area contributed by atoms with Crippen LogP contribution in [-0.4, -0.2) is 28.3 Å². The Morgan fingerprint density at radius 1 is 1.00 bits per heavy atom. The molecule has 0 saturated carbocycles. The van der Waals surface area contributed by atoms with Gasteiger partial charge >= 0.3 is 12.3 Å². The zero-order chi connectivity index (χ0) is 9.44. The number of rotatable bonds is 0. The molecule has 0 radical (unpaired) electrons. The average Bonchev–Trinajstić information content (AvgIpc) is 1.56. The second kappa shape index (κ2) is 6.53. The highest BCUT2D eigenvalue weighted by atomic mass is 16.7. The van der Waals surface area contributed by atoms with Crippen molar-refractivity contribution in [1.82, 2.24) is 0 Å². The van der Waals surface area contributed by atoms with Crippen molar-refractivity contribution in [2.75, 3.05) is 0 Å². The van der Waals surface area contributed by atoms with E-state index in [2.05, 4.69) is 4.74 Å². The van der Waals surface area contributed by atoms with Gasteiger partial charge in [-0.1, -0.05) is 0 Å². The van der Waals surface area contributed by atoms with Crippen LogP contribution in [0.2, 0.25) is 0 Å². The summed E-state index contributed by atoms with van der Waals surface area (Å²) in [6.45, 7) is 3.06. The lowest BCUT2D eigenvalue weighted by Gasteiger charge is -1.84. The van der Waals surface area contributed by atoms with Crippen molar-refractivity contribution < 1.29 is 29.3 Å². The molecule has 0 saturated heterocycles. The maximum Gasteiger partial charge on any atom is 0.516 e. The Morgan fingerprint density at radius 3 is 1.18 bits per heavy atom. The Bertz CT molecular complexity index is 144. The molecule has 0 heterocycles. The van der Waals surface area contributed by atoms with Crippen LogP contribution in [0.3, 0.4) is 0 Å². The van der Waals surface area contributed by atoms with E-state index in [1.54, 1.807) is 0 Å². The molecule has 2 N–H and O–H groups in total. The first-order valence-corrected chi connectivity index (χ1v) is 2.47.